The predicted octanol–water partition coefficient (Wildman–Crippen LogP) is 21.5. The lowest BCUT2D eigenvalue weighted by atomic mass is 9.93. The molecule has 0 spiro atoms. The summed E-state index contributed by atoms with van der Waals surface area (Å²) in [6.45, 7) is 11.9. The van der Waals surface area contributed by atoms with Crippen molar-refractivity contribution >= 4 is 141 Å². The molecular weight excluding hydrogens is 1450 g/mol. The zero-order chi connectivity index (χ0) is 72.7. The van der Waals surface area contributed by atoms with Crippen LogP contribution in [0.5, 0.6) is 34.9 Å². The Bertz CT molecular complexity index is 5560. The van der Waals surface area contributed by atoms with Crippen molar-refractivity contribution in [3.8, 4) is 102 Å². The largest absolute Gasteiger partial charge is 0.508 e. The minimum Gasteiger partial charge on any atom is -0.508 e. The number of rotatable bonds is 16. The molecule has 6 aromatic heterocycles. The number of aromatic hydroxyl groups is 4. The lowest BCUT2D eigenvalue weighted by molar-refractivity contribution is -0.121. The number of hydrogen-bond donors (Lipinski definition) is 4. The number of thiophene rings is 3. The van der Waals surface area contributed by atoms with Gasteiger partial charge in [0, 0.05) is 95.4 Å². The van der Waals surface area contributed by atoms with Crippen molar-refractivity contribution in [2.24, 2.45) is 0 Å². The molecule has 0 radical (unpaired) electrons. The van der Waals surface area contributed by atoms with E-state index in [1.807, 2.05) is 133 Å². The summed E-state index contributed by atoms with van der Waals surface area (Å²) in [5.74, 6) is 0.933. The molecule has 16 nitrogen and oxygen atoms in total. The second-order valence-electron chi connectivity index (χ2n) is 23.8. The highest BCUT2D eigenvalue weighted by molar-refractivity contribution is 7.22. The minimum absolute atomic E-state index is 0.0734. The summed E-state index contributed by atoms with van der Waals surface area (Å²) in [6, 6.07) is 48.7. The maximum atomic E-state index is 13.9. The van der Waals surface area contributed by atoms with Gasteiger partial charge in [-0.2, -0.15) is 9.97 Å². The highest BCUT2D eigenvalue weighted by Crippen LogP contribution is 2.47. The third-order valence-corrected chi connectivity index (χ3v) is 21.8. The van der Waals surface area contributed by atoms with Crippen LogP contribution in [-0.2, 0) is 9.59 Å². The van der Waals surface area contributed by atoms with Gasteiger partial charge >= 0.3 is 0 Å². The van der Waals surface area contributed by atoms with Crippen LogP contribution in [0.2, 0.25) is 15.1 Å². The number of carbonyl (C=O) groups is 5. The number of aromatic nitrogens is 3. The summed E-state index contributed by atoms with van der Waals surface area (Å²) in [4.78, 5) is 76.7. The number of oxazole rings is 2. The van der Waals surface area contributed by atoms with Gasteiger partial charge in [0.2, 0.25) is 35.0 Å². The molecule has 0 unspecified atom stereocenters. The SMILES string of the molecule is Cc1cc(Cl)cc(C)c1C(=O)c1sc2cc(O)ccc2c1-c1ccc(-c2nc(O)co2)cc1.Cc1cc(Cl)cc(C)c1C(=O)c1sc2cc(O)ccc2c1-c1ccc(-c2nc(OC=O)co2)cc1.Cc1cc(Cl)cc(C)c1C(=O)c1sc2cc(O)ccc2c1-c1ccc(-c2nc(OC=O)cs2)cc1. The Hall–Kier alpha value is -11.1. The van der Waals surface area contributed by atoms with E-state index in [1.54, 1.807) is 78.2 Å². The molecule has 0 atom stereocenters. The number of aryl methyl sites for hydroxylation is 6. The average molecular weight is 1500 g/mol. The molecule has 0 aliphatic carbocycles. The number of fused-ring (bicyclic) bond motifs is 3. The first kappa shape index (κ1) is 70.4. The molecule has 0 bridgehead atoms. The second-order valence-corrected chi connectivity index (χ2v) is 29.2. The smallest absolute Gasteiger partial charge is 0.299 e. The van der Waals surface area contributed by atoms with Gasteiger partial charge in [0.25, 0.3) is 24.7 Å². The van der Waals surface area contributed by atoms with E-state index in [0.29, 0.717) is 75.8 Å². The van der Waals surface area contributed by atoms with Crippen molar-refractivity contribution in [2.75, 3.05) is 0 Å². The number of thiazole rings is 1. The van der Waals surface area contributed by atoms with Crippen LogP contribution in [0.1, 0.15) is 79.1 Å². The summed E-state index contributed by atoms with van der Waals surface area (Å²) in [6.07, 6.45) is 2.43. The van der Waals surface area contributed by atoms with Crippen LogP contribution in [0.3, 0.4) is 0 Å². The molecule has 0 saturated heterocycles. The average Bonchev–Trinajstić information content (AvgIpc) is 1.64. The number of nitrogens with zero attached hydrogens (tertiary/aromatic N) is 3. The lowest BCUT2D eigenvalue weighted by Crippen LogP contribution is -2.06. The molecule has 4 N–H and O–H groups in total. The van der Waals surface area contributed by atoms with Gasteiger partial charge in [-0.15, -0.1) is 45.3 Å². The lowest BCUT2D eigenvalue weighted by Gasteiger charge is -2.11. The number of phenols is 3. The monoisotopic (exact) mass is 1500 g/mol. The third kappa shape index (κ3) is 14.5. The molecule has 15 aromatic rings. The van der Waals surface area contributed by atoms with Gasteiger partial charge in [-0.25, -0.2) is 4.98 Å². The van der Waals surface area contributed by atoms with Crippen molar-refractivity contribution in [3.63, 3.8) is 0 Å². The predicted molar refractivity (Wildman–Crippen MR) is 407 cm³/mol. The molecule has 9 aromatic carbocycles. The molecule has 0 amide bonds. The summed E-state index contributed by atoms with van der Waals surface area (Å²) in [5, 5.41) is 46.4. The standard InChI is InChI=1S/C27H18ClNO5S.C27H18ClNO4S2.C26H18ClNO4S/c1-14-9-18(28)10-15(2)23(14)25(32)26-24(20-8-7-19(31)11-21(20)35-26)16-3-5-17(6-4-16)27-29-22(12-33-27)34-13-30;1-14-9-18(28)10-15(2)23(14)25(32)26-24(20-8-7-19(31)11-21(20)35-26)16-3-5-17(6-4-16)27-29-22(12-34-27)33-13-30;1-13-9-17(27)10-14(2)22(13)24(31)25-23(19-8-7-18(29)11-20(19)33-25)15-3-5-16(6-4-15)26-28-21(30)12-32-26/h2*3-13,31H,1-2H3;3-12,29-30H,1-2H3. The Kier molecular flexibility index (Phi) is 20.1. The van der Waals surface area contributed by atoms with E-state index in [1.165, 1.54) is 57.9 Å². The molecule has 0 fully saturated rings. The van der Waals surface area contributed by atoms with E-state index in [0.717, 1.165) is 108 Å². The number of ketones is 3. The van der Waals surface area contributed by atoms with Crippen molar-refractivity contribution in [3.05, 3.63) is 261 Å². The maximum absolute atomic E-state index is 13.9. The molecule has 512 valence electrons. The Labute approximate surface area is 618 Å². The number of halogens is 3. The zero-order valence-corrected chi connectivity index (χ0v) is 60.6. The van der Waals surface area contributed by atoms with Crippen LogP contribution < -0.4 is 9.47 Å². The number of carbonyl (C=O) groups excluding carboxylic acids is 5. The van der Waals surface area contributed by atoms with Crippen LogP contribution in [-0.4, -0.2) is 65.7 Å². The fraction of sp³-hybridized carbons (Fsp3) is 0.0750. The topological polar surface area (TPSA) is 250 Å². The van der Waals surface area contributed by atoms with Gasteiger partial charge in [-0.05, 0) is 207 Å². The Morgan fingerprint density at radius 3 is 1.06 bits per heavy atom. The minimum atomic E-state index is -0.181. The molecule has 0 aliphatic rings. The molecule has 15 rings (SSSR count). The Morgan fingerprint density at radius 2 is 0.718 bits per heavy atom. The first-order chi connectivity index (χ1) is 49.5. The molecule has 0 saturated carbocycles. The summed E-state index contributed by atoms with van der Waals surface area (Å²) < 4.78 is 22.6. The summed E-state index contributed by atoms with van der Waals surface area (Å²) in [5.41, 5.74) is 14.0. The summed E-state index contributed by atoms with van der Waals surface area (Å²) >= 11 is 24.0. The van der Waals surface area contributed by atoms with E-state index in [9.17, 15) is 44.4 Å². The quantitative estimate of drug-likeness (QED) is 0.0518. The van der Waals surface area contributed by atoms with Gasteiger partial charge in [0.15, 0.2) is 12.5 Å². The Morgan fingerprint density at radius 1 is 0.398 bits per heavy atom. The van der Waals surface area contributed by atoms with Gasteiger partial charge in [-0.1, -0.05) is 83.3 Å². The van der Waals surface area contributed by atoms with E-state index < -0.39 is 0 Å². The fourth-order valence-electron chi connectivity index (χ4n) is 12.5. The first-order valence-electron chi connectivity index (χ1n) is 31.3. The van der Waals surface area contributed by atoms with Gasteiger partial charge in [-0.3, -0.25) is 24.0 Å². The van der Waals surface area contributed by atoms with Crippen molar-refractivity contribution in [1.82, 2.24) is 15.0 Å². The number of ether oxygens (including phenoxy) is 2. The second kappa shape index (κ2) is 29.5. The molecule has 23 heteroatoms. The maximum Gasteiger partial charge on any atom is 0.299 e. The number of benzene rings is 9. The van der Waals surface area contributed by atoms with Crippen LogP contribution in [0.4, 0.5) is 0 Å². The van der Waals surface area contributed by atoms with Gasteiger partial charge in [0.05, 0.1) is 20.0 Å². The Balaban J connectivity index is 0.000000138. The molecule has 0 aliphatic heterocycles. The van der Waals surface area contributed by atoms with Crippen molar-refractivity contribution < 1.29 is 62.7 Å². The first-order valence-corrected chi connectivity index (χ1v) is 35.8. The highest BCUT2D eigenvalue weighted by atomic mass is 35.5. The molecular formula is C80H54Cl3N3O13S4. The third-order valence-electron chi connectivity index (χ3n) is 16.9. The van der Waals surface area contributed by atoms with E-state index >= 15 is 0 Å². The number of hydrogen-bond acceptors (Lipinski definition) is 20. The van der Waals surface area contributed by atoms with Crippen LogP contribution in [0.15, 0.2) is 191 Å². The zero-order valence-electron chi connectivity index (χ0n) is 55.0. The highest BCUT2D eigenvalue weighted by Gasteiger charge is 2.28. The fourth-order valence-corrected chi connectivity index (χ4v) is 17.8. The molecule has 103 heavy (non-hydrogen) atoms. The van der Waals surface area contributed by atoms with Gasteiger partial charge in [0.1, 0.15) is 22.3 Å². The van der Waals surface area contributed by atoms with E-state index in [2.05, 4.69) is 15.0 Å². The normalized spacial score (nSPS) is 11.1. The van der Waals surface area contributed by atoms with Gasteiger partial charge < -0.3 is 38.7 Å². The van der Waals surface area contributed by atoms with E-state index in [4.69, 9.17) is 53.1 Å². The van der Waals surface area contributed by atoms with E-state index in [-0.39, 0.29) is 58.7 Å². The van der Waals surface area contributed by atoms with Crippen molar-refractivity contribution in [1.29, 1.82) is 0 Å². The summed E-state index contributed by atoms with van der Waals surface area (Å²) in [7, 11) is 0. The van der Waals surface area contributed by atoms with Crippen LogP contribution in [0, 0.1) is 41.5 Å². The van der Waals surface area contributed by atoms with Crippen molar-refractivity contribution in [2.45, 2.75) is 41.5 Å². The van der Waals surface area contributed by atoms with Crippen LogP contribution >= 0.6 is 80.1 Å². The molecule has 6 heterocycles. The number of phenolic OH excluding ortho intramolecular Hbond substituents is 3. The van der Waals surface area contributed by atoms with Crippen LogP contribution in [0.25, 0.3) is 97.1 Å².